The minimum atomic E-state index is 0.792. The standard InChI is InChI=1S/C6H9N3.C6H8N2.2C2H6/c1-4-7-5(2)9-6(3)8-4;1-5-3-7-4-8-6(5)2;2*1-2/h1-3H3;3-4H,1-2H3;2*1-2H3. The van der Waals surface area contributed by atoms with E-state index >= 15 is 0 Å². The highest BCUT2D eigenvalue weighted by molar-refractivity contribution is 5.10. The number of aryl methyl sites for hydroxylation is 5. The smallest absolute Gasteiger partial charge is 0.129 e. The Morgan fingerprint density at radius 1 is 0.667 bits per heavy atom. The van der Waals surface area contributed by atoms with E-state index in [0.717, 1.165) is 28.7 Å². The summed E-state index contributed by atoms with van der Waals surface area (Å²) in [6, 6.07) is 0. The molecular formula is C16H29N5. The fourth-order valence-corrected chi connectivity index (χ4v) is 1.24. The van der Waals surface area contributed by atoms with E-state index in [1.165, 1.54) is 0 Å². The third-order valence-corrected chi connectivity index (χ3v) is 2.13. The van der Waals surface area contributed by atoms with Crippen molar-refractivity contribution in [2.45, 2.75) is 62.3 Å². The van der Waals surface area contributed by atoms with E-state index < -0.39 is 0 Å². The lowest BCUT2D eigenvalue weighted by Crippen LogP contribution is -1.97. The zero-order valence-electron chi connectivity index (χ0n) is 14.9. The zero-order chi connectivity index (χ0) is 16.8. The third-order valence-electron chi connectivity index (χ3n) is 2.13. The van der Waals surface area contributed by atoms with Gasteiger partial charge in [-0.25, -0.2) is 24.9 Å². The Morgan fingerprint density at radius 3 is 1.29 bits per heavy atom. The zero-order valence-corrected chi connectivity index (χ0v) is 14.9. The van der Waals surface area contributed by atoms with Gasteiger partial charge in [-0.15, -0.1) is 0 Å². The lowest BCUT2D eigenvalue weighted by Gasteiger charge is -1.94. The first-order chi connectivity index (χ1) is 9.99. The van der Waals surface area contributed by atoms with E-state index in [1.807, 2.05) is 68.5 Å². The number of rotatable bonds is 0. The highest BCUT2D eigenvalue weighted by Crippen LogP contribution is 1.95. The number of aromatic nitrogens is 5. The molecule has 0 aromatic carbocycles. The molecular weight excluding hydrogens is 262 g/mol. The van der Waals surface area contributed by atoms with Gasteiger partial charge in [0.1, 0.15) is 23.8 Å². The molecule has 2 aromatic heterocycles. The number of hydrogen-bond acceptors (Lipinski definition) is 5. The Balaban J connectivity index is 0. The van der Waals surface area contributed by atoms with Gasteiger partial charge in [0, 0.05) is 11.9 Å². The molecule has 0 bridgehead atoms. The summed E-state index contributed by atoms with van der Waals surface area (Å²) in [5, 5.41) is 0. The van der Waals surface area contributed by atoms with E-state index in [0.29, 0.717) is 0 Å². The average molecular weight is 291 g/mol. The molecule has 5 heteroatoms. The lowest BCUT2D eigenvalue weighted by atomic mass is 10.3. The first-order valence-electron chi connectivity index (χ1n) is 7.38. The fraction of sp³-hybridized carbons (Fsp3) is 0.562. The molecule has 0 atom stereocenters. The van der Waals surface area contributed by atoms with Crippen molar-refractivity contribution in [3.63, 3.8) is 0 Å². The molecule has 5 nitrogen and oxygen atoms in total. The van der Waals surface area contributed by atoms with Crippen LogP contribution in [0.1, 0.15) is 56.4 Å². The molecule has 21 heavy (non-hydrogen) atoms. The Labute approximate surface area is 129 Å². The van der Waals surface area contributed by atoms with Gasteiger partial charge >= 0.3 is 0 Å². The highest BCUT2D eigenvalue weighted by atomic mass is 15.0. The van der Waals surface area contributed by atoms with Gasteiger partial charge in [-0.05, 0) is 40.2 Å². The summed E-state index contributed by atoms with van der Waals surface area (Å²) in [5.41, 5.74) is 2.20. The second-order valence-electron chi connectivity index (χ2n) is 3.77. The van der Waals surface area contributed by atoms with Crippen molar-refractivity contribution in [2.24, 2.45) is 0 Å². The molecule has 2 heterocycles. The Bertz CT molecular complexity index is 426. The van der Waals surface area contributed by atoms with Crippen molar-refractivity contribution in [1.82, 2.24) is 24.9 Å². The maximum absolute atomic E-state index is 4.01. The van der Waals surface area contributed by atoms with E-state index in [9.17, 15) is 0 Å². The van der Waals surface area contributed by atoms with Gasteiger partial charge in [-0.3, -0.25) is 0 Å². The molecule has 0 unspecified atom stereocenters. The summed E-state index contributed by atoms with van der Waals surface area (Å²) in [4.78, 5) is 19.8. The van der Waals surface area contributed by atoms with Gasteiger partial charge in [-0.2, -0.15) is 0 Å². The van der Waals surface area contributed by atoms with Crippen LogP contribution in [-0.2, 0) is 0 Å². The first-order valence-corrected chi connectivity index (χ1v) is 7.38. The summed E-state index contributed by atoms with van der Waals surface area (Å²) >= 11 is 0. The van der Waals surface area contributed by atoms with E-state index in [-0.39, 0.29) is 0 Å². The van der Waals surface area contributed by atoms with Gasteiger partial charge in [0.05, 0.1) is 0 Å². The molecule has 0 saturated heterocycles. The minimum Gasteiger partial charge on any atom is -0.245 e. The lowest BCUT2D eigenvalue weighted by molar-refractivity contribution is 0.875. The predicted octanol–water partition coefficient (Wildman–Crippen LogP) is 3.94. The van der Waals surface area contributed by atoms with Crippen LogP contribution >= 0.6 is 0 Å². The van der Waals surface area contributed by atoms with Crippen LogP contribution in [0.4, 0.5) is 0 Å². The predicted molar refractivity (Wildman–Crippen MR) is 88.2 cm³/mol. The topological polar surface area (TPSA) is 64.5 Å². The summed E-state index contributed by atoms with van der Waals surface area (Å²) in [7, 11) is 0. The first kappa shape index (κ1) is 21.4. The molecule has 2 rings (SSSR count). The van der Waals surface area contributed by atoms with Gasteiger partial charge < -0.3 is 0 Å². The van der Waals surface area contributed by atoms with Gasteiger partial charge in [0.2, 0.25) is 0 Å². The maximum atomic E-state index is 4.01. The second-order valence-corrected chi connectivity index (χ2v) is 3.77. The molecule has 0 aliphatic carbocycles. The van der Waals surface area contributed by atoms with Crippen molar-refractivity contribution in [1.29, 1.82) is 0 Å². The molecule has 0 fully saturated rings. The SMILES string of the molecule is CC.CC.Cc1cncnc1C.Cc1nc(C)nc(C)n1. The summed E-state index contributed by atoms with van der Waals surface area (Å²) < 4.78 is 0. The van der Waals surface area contributed by atoms with E-state index in [4.69, 9.17) is 0 Å². The average Bonchev–Trinajstić information content (AvgIpc) is 2.46. The van der Waals surface area contributed by atoms with E-state index in [1.54, 1.807) is 6.33 Å². The van der Waals surface area contributed by atoms with Crippen molar-refractivity contribution in [3.05, 3.63) is 41.3 Å². The molecule has 0 N–H and O–H groups in total. The minimum absolute atomic E-state index is 0.792. The van der Waals surface area contributed by atoms with Crippen LogP contribution in [0.5, 0.6) is 0 Å². The summed E-state index contributed by atoms with van der Waals surface area (Å²) in [5.74, 6) is 2.38. The maximum Gasteiger partial charge on any atom is 0.129 e. The largest absolute Gasteiger partial charge is 0.245 e. The van der Waals surface area contributed by atoms with Crippen LogP contribution in [0.25, 0.3) is 0 Å². The molecule has 118 valence electrons. The molecule has 0 aliphatic rings. The fourth-order valence-electron chi connectivity index (χ4n) is 1.24. The number of nitrogens with zero attached hydrogens (tertiary/aromatic N) is 5. The summed E-state index contributed by atoms with van der Waals surface area (Å²) in [6.45, 7) is 17.6. The van der Waals surface area contributed by atoms with Crippen LogP contribution in [0.3, 0.4) is 0 Å². The Hall–Kier alpha value is -1.91. The van der Waals surface area contributed by atoms with Crippen LogP contribution in [0.15, 0.2) is 12.5 Å². The van der Waals surface area contributed by atoms with Crippen molar-refractivity contribution in [3.8, 4) is 0 Å². The molecule has 2 aromatic rings. The molecule has 0 spiro atoms. The van der Waals surface area contributed by atoms with Crippen molar-refractivity contribution in [2.75, 3.05) is 0 Å². The van der Waals surface area contributed by atoms with Crippen LogP contribution in [0, 0.1) is 34.6 Å². The van der Waals surface area contributed by atoms with Gasteiger partial charge in [-0.1, -0.05) is 27.7 Å². The quantitative estimate of drug-likeness (QED) is 0.735. The molecule has 0 saturated carbocycles. The van der Waals surface area contributed by atoms with E-state index in [2.05, 4.69) is 24.9 Å². The summed E-state index contributed by atoms with van der Waals surface area (Å²) in [6.07, 6.45) is 3.37. The normalized spacial score (nSPS) is 8.24. The van der Waals surface area contributed by atoms with Crippen molar-refractivity contribution < 1.29 is 0 Å². The highest BCUT2D eigenvalue weighted by Gasteiger charge is 1.91. The van der Waals surface area contributed by atoms with Gasteiger partial charge in [0.25, 0.3) is 0 Å². The van der Waals surface area contributed by atoms with Crippen LogP contribution in [0.2, 0.25) is 0 Å². The molecule has 0 aliphatic heterocycles. The van der Waals surface area contributed by atoms with Gasteiger partial charge in [0.15, 0.2) is 0 Å². The van der Waals surface area contributed by atoms with Crippen LogP contribution < -0.4 is 0 Å². The molecule has 0 amide bonds. The monoisotopic (exact) mass is 291 g/mol. The molecule has 0 radical (unpaired) electrons. The Morgan fingerprint density at radius 2 is 1.05 bits per heavy atom. The van der Waals surface area contributed by atoms with Crippen LogP contribution in [-0.4, -0.2) is 24.9 Å². The second kappa shape index (κ2) is 13.1. The third kappa shape index (κ3) is 10.5. The van der Waals surface area contributed by atoms with Crippen molar-refractivity contribution >= 4 is 0 Å². The Kier molecular flexibility index (Phi) is 13.3. The number of hydrogen-bond donors (Lipinski definition) is 0.